The molecule has 0 saturated carbocycles. The van der Waals surface area contributed by atoms with Gasteiger partial charge < -0.3 is 5.73 Å². The Kier molecular flexibility index (Phi) is 3.06. The SMILES string of the molecule is Cc1ncc2cc(-c3ccccc3I)c(N)nc2n1. The summed E-state index contributed by atoms with van der Waals surface area (Å²) in [6.07, 6.45) is 1.78. The van der Waals surface area contributed by atoms with Crippen LogP contribution in [-0.2, 0) is 0 Å². The maximum atomic E-state index is 6.06. The molecule has 0 aliphatic heterocycles. The number of pyridine rings is 1. The Morgan fingerprint density at radius 3 is 2.68 bits per heavy atom. The third kappa shape index (κ3) is 2.25. The minimum absolute atomic E-state index is 0.495. The molecular formula is C14H11IN4. The van der Waals surface area contributed by atoms with Gasteiger partial charge in [-0.1, -0.05) is 18.2 Å². The molecule has 0 radical (unpaired) electrons. The van der Waals surface area contributed by atoms with Crippen molar-refractivity contribution in [1.82, 2.24) is 15.0 Å². The van der Waals surface area contributed by atoms with Gasteiger partial charge in [-0.25, -0.2) is 15.0 Å². The van der Waals surface area contributed by atoms with Gasteiger partial charge in [0.2, 0.25) is 0 Å². The summed E-state index contributed by atoms with van der Waals surface area (Å²) in [7, 11) is 0. The first-order valence-electron chi connectivity index (χ1n) is 5.80. The molecule has 19 heavy (non-hydrogen) atoms. The smallest absolute Gasteiger partial charge is 0.165 e. The van der Waals surface area contributed by atoms with Gasteiger partial charge in [-0.2, -0.15) is 0 Å². The second-order valence-electron chi connectivity index (χ2n) is 4.23. The van der Waals surface area contributed by atoms with E-state index in [1.54, 1.807) is 6.20 Å². The predicted octanol–water partition coefficient (Wildman–Crippen LogP) is 3.19. The molecule has 94 valence electrons. The molecule has 2 N–H and O–H groups in total. The van der Waals surface area contributed by atoms with Crippen LogP contribution in [0.5, 0.6) is 0 Å². The summed E-state index contributed by atoms with van der Waals surface area (Å²) >= 11 is 2.30. The zero-order chi connectivity index (χ0) is 13.4. The molecular weight excluding hydrogens is 351 g/mol. The number of nitrogens with two attached hydrogens (primary N) is 1. The van der Waals surface area contributed by atoms with Crippen LogP contribution in [0.1, 0.15) is 5.82 Å². The van der Waals surface area contributed by atoms with E-state index >= 15 is 0 Å². The average Bonchev–Trinajstić information content (AvgIpc) is 2.39. The molecule has 4 nitrogen and oxygen atoms in total. The number of hydrogen-bond acceptors (Lipinski definition) is 4. The first-order valence-corrected chi connectivity index (χ1v) is 6.88. The summed E-state index contributed by atoms with van der Waals surface area (Å²) in [6, 6.07) is 10.1. The van der Waals surface area contributed by atoms with E-state index in [-0.39, 0.29) is 0 Å². The van der Waals surface area contributed by atoms with Crippen molar-refractivity contribution >= 4 is 39.4 Å². The summed E-state index contributed by atoms with van der Waals surface area (Å²) < 4.78 is 1.14. The fourth-order valence-electron chi connectivity index (χ4n) is 1.96. The van der Waals surface area contributed by atoms with Crippen LogP contribution in [0.2, 0.25) is 0 Å². The first-order chi connectivity index (χ1) is 9.15. The summed E-state index contributed by atoms with van der Waals surface area (Å²) in [4.78, 5) is 12.9. The molecule has 0 aliphatic carbocycles. The maximum absolute atomic E-state index is 6.06. The van der Waals surface area contributed by atoms with Gasteiger partial charge in [-0.15, -0.1) is 0 Å². The third-order valence-corrected chi connectivity index (χ3v) is 3.82. The van der Waals surface area contributed by atoms with Crippen LogP contribution in [0.15, 0.2) is 36.5 Å². The molecule has 2 heterocycles. The fourth-order valence-corrected chi connectivity index (χ4v) is 2.64. The summed E-state index contributed by atoms with van der Waals surface area (Å²) in [5.41, 5.74) is 8.70. The van der Waals surface area contributed by atoms with Crippen LogP contribution in [0.25, 0.3) is 22.2 Å². The van der Waals surface area contributed by atoms with Crippen LogP contribution in [0.3, 0.4) is 0 Å². The van der Waals surface area contributed by atoms with Gasteiger partial charge >= 0.3 is 0 Å². The van der Waals surface area contributed by atoms with Crippen molar-refractivity contribution in [3.63, 3.8) is 0 Å². The van der Waals surface area contributed by atoms with Crippen molar-refractivity contribution in [2.45, 2.75) is 6.92 Å². The Hall–Kier alpha value is -1.76. The van der Waals surface area contributed by atoms with Crippen LogP contribution in [0, 0.1) is 10.5 Å². The van der Waals surface area contributed by atoms with E-state index in [1.807, 2.05) is 37.3 Å². The Labute approximate surface area is 124 Å². The van der Waals surface area contributed by atoms with E-state index in [0.717, 1.165) is 20.1 Å². The molecule has 2 aromatic heterocycles. The van der Waals surface area contributed by atoms with Crippen LogP contribution >= 0.6 is 22.6 Å². The molecule has 0 atom stereocenters. The fraction of sp³-hybridized carbons (Fsp3) is 0.0714. The lowest BCUT2D eigenvalue weighted by Gasteiger charge is -2.08. The number of rotatable bonds is 1. The van der Waals surface area contributed by atoms with Crippen LogP contribution in [0.4, 0.5) is 5.82 Å². The van der Waals surface area contributed by atoms with E-state index in [2.05, 4.69) is 37.5 Å². The van der Waals surface area contributed by atoms with Crippen molar-refractivity contribution < 1.29 is 0 Å². The zero-order valence-corrected chi connectivity index (χ0v) is 12.4. The van der Waals surface area contributed by atoms with Gasteiger partial charge in [0.15, 0.2) is 5.65 Å². The maximum Gasteiger partial charge on any atom is 0.165 e. The number of aromatic nitrogens is 3. The number of halogens is 1. The number of nitrogens with zero attached hydrogens (tertiary/aromatic N) is 3. The van der Waals surface area contributed by atoms with Gasteiger partial charge in [-0.3, -0.25) is 0 Å². The molecule has 5 heteroatoms. The number of nitrogen functional groups attached to an aromatic ring is 1. The van der Waals surface area contributed by atoms with Gasteiger partial charge in [-0.05, 0) is 47.2 Å². The Morgan fingerprint density at radius 2 is 1.89 bits per heavy atom. The molecule has 0 fully saturated rings. The second-order valence-corrected chi connectivity index (χ2v) is 5.39. The van der Waals surface area contributed by atoms with E-state index in [4.69, 9.17) is 5.73 Å². The molecule has 3 rings (SSSR count). The first kappa shape index (κ1) is 12.3. The van der Waals surface area contributed by atoms with E-state index in [9.17, 15) is 0 Å². The highest BCUT2D eigenvalue weighted by Crippen LogP contribution is 2.30. The predicted molar refractivity (Wildman–Crippen MR) is 84.6 cm³/mol. The largest absolute Gasteiger partial charge is 0.383 e. The molecule has 0 unspecified atom stereocenters. The number of aryl methyl sites for hydroxylation is 1. The molecule has 0 amide bonds. The van der Waals surface area contributed by atoms with Gasteiger partial charge in [0.25, 0.3) is 0 Å². The number of hydrogen-bond donors (Lipinski definition) is 1. The van der Waals surface area contributed by atoms with Crippen molar-refractivity contribution in [3.05, 3.63) is 45.9 Å². The van der Waals surface area contributed by atoms with Gasteiger partial charge in [0.1, 0.15) is 11.6 Å². The van der Waals surface area contributed by atoms with Gasteiger partial charge in [0.05, 0.1) is 0 Å². The quantitative estimate of drug-likeness (QED) is 0.676. The summed E-state index contributed by atoms with van der Waals surface area (Å²) in [5, 5.41) is 0.898. The summed E-state index contributed by atoms with van der Waals surface area (Å²) in [6.45, 7) is 1.84. The minimum Gasteiger partial charge on any atom is -0.383 e. The third-order valence-electron chi connectivity index (χ3n) is 2.88. The van der Waals surface area contributed by atoms with E-state index in [1.165, 1.54) is 0 Å². The highest BCUT2D eigenvalue weighted by molar-refractivity contribution is 14.1. The van der Waals surface area contributed by atoms with E-state index in [0.29, 0.717) is 17.3 Å². The highest BCUT2D eigenvalue weighted by Gasteiger charge is 2.10. The molecule has 1 aromatic carbocycles. The lowest BCUT2D eigenvalue weighted by molar-refractivity contribution is 1.07. The number of fused-ring (bicyclic) bond motifs is 1. The zero-order valence-electron chi connectivity index (χ0n) is 10.3. The van der Waals surface area contributed by atoms with Crippen molar-refractivity contribution in [2.24, 2.45) is 0 Å². The topological polar surface area (TPSA) is 64.7 Å². The van der Waals surface area contributed by atoms with Crippen LogP contribution in [-0.4, -0.2) is 15.0 Å². The van der Waals surface area contributed by atoms with Crippen molar-refractivity contribution in [2.75, 3.05) is 5.73 Å². The molecule has 0 bridgehead atoms. The molecule has 0 aliphatic rings. The molecule has 0 saturated heterocycles. The van der Waals surface area contributed by atoms with E-state index < -0.39 is 0 Å². The Morgan fingerprint density at radius 1 is 1.11 bits per heavy atom. The lowest BCUT2D eigenvalue weighted by atomic mass is 10.1. The minimum atomic E-state index is 0.495. The average molecular weight is 362 g/mol. The molecule has 0 spiro atoms. The summed E-state index contributed by atoms with van der Waals surface area (Å²) in [5.74, 6) is 1.19. The van der Waals surface area contributed by atoms with Crippen molar-refractivity contribution in [3.8, 4) is 11.1 Å². The monoisotopic (exact) mass is 362 g/mol. The Balaban J connectivity index is 2.28. The Bertz CT molecular complexity index is 770. The normalized spacial score (nSPS) is 10.8. The van der Waals surface area contributed by atoms with Crippen LogP contribution < -0.4 is 5.73 Å². The number of benzene rings is 1. The molecule has 3 aromatic rings. The standard InChI is InChI=1S/C14H11IN4/c1-8-17-7-9-6-11(13(16)19-14(9)18-8)10-4-2-3-5-12(10)15/h2-7H,1H3,(H2,16,17,18,19). The van der Waals surface area contributed by atoms with Crippen molar-refractivity contribution in [1.29, 1.82) is 0 Å². The lowest BCUT2D eigenvalue weighted by Crippen LogP contribution is -1.99. The second kappa shape index (κ2) is 4.73. The highest BCUT2D eigenvalue weighted by atomic mass is 127. The number of anilines is 1. The van der Waals surface area contributed by atoms with Gasteiger partial charge in [0, 0.05) is 20.7 Å².